The third kappa shape index (κ3) is 1.31. The zero-order valence-electron chi connectivity index (χ0n) is 10.0. The minimum atomic E-state index is -0.520. The van der Waals surface area contributed by atoms with Crippen molar-refractivity contribution in [2.24, 2.45) is 35.5 Å². The van der Waals surface area contributed by atoms with Gasteiger partial charge in [-0.05, 0) is 30.6 Å². The molecule has 100 valence electrons. The first kappa shape index (κ1) is 11.1. The molecule has 0 radical (unpaired) electrons. The van der Waals surface area contributed by atoms with E-state index in [-0.39, 0.29) is 36.0 Å². The molecule has 0 aromatic carbocycles. The number of hydrogen-bond donors (Lipinski definition) is 0. The fraction of sp³-hybridized carbons (Fsp3) is 0.692. The summed E-state index contributed by atoms with van der Waals surface area (Å²) in [6.07, 6.45) is 1.38. The molecule has 2 saturated heterocycles. The lowest BCUT2D eigenvalue weighted by atomic mass is 9.77. The second kappa shape index (κ2) is 3.43. The van der Waals surface area contributed by atoms with Gasteiger partial charge in [0.15, 0.2) is 0 Å². The Bertz CT molecular complexity index is 523. The quantitative estimate of drug-likeness (QED) is 0.454. The van der Waals surface area contributed by atoms with E-state index in [1.807, 2.05) is 0 Å². The molecule has 6 atom stereocenters. The van der Waals surface area contributed by atoms with Gasteiger partial charge in [0.2, 0.25) is 0 Å². The van der Waals surface area contributed by atoms with E-state index < -0.39 is 29.8 Å². The molecule has 0 N–H and O–H groups in total. The topological polar surface area (TPSA) is 86.7 Å². The average molecular weight is 264 g/mol. The molecule has 0 amide bonds. The maximum Gasteiger partial charge on any atom is 0.317 e. The summed E-state index contributed by atoms with van der Waals surface area (Å²) in [5.74, 6) is -3.10. The number of fused-ring (bicyclic) bond motifs is 5. The van der Waals surface area contributed by atoms with E-state index in [1.165, 1.54) is 0 Å². The first-order valence-corrected chi connectivity index (χ1v) is 6.56. The van der Waals surface area contributed by atoms with Crippen molar-refractivity contribution in [1.82, 2.24) is 0 Å². The number of hydrogen-bond acceptors (Lipinski definition) is 6. The summed E-state index contributed by atoms with van der Waals surface area (Å²) < 4.78 is 9.35. The zero-order valence-corrected chi connectivity index (χ0v) is 10.0. The van der Waals surface area contributed by atoms with Gasteiger partial charge in [-0.3, -0.25) is 19.2 Å². The van der Waals surface area contributed by atoms with Crippen LogP contribution in [0.15, 0.2) is 0 Å². The molecule has 2 aliphatic carbocycles. The van der Waals surface area contributed by atoms with E-state index >= 15 is 0 Å². The van der Waals surface area contributed by atoms with Crippen molar-refractivity contribution in [2.75, 3.05) is 0 Å². The van der Waals surface area contributed by atoms with E-state index in [0.29, 0.717) is 12.8 Å². The van der Waals surface area contributed by atoms with Gasteiger partial charge in [-0.1, -0.05) is 0 Å². The average Bonchev–Trinajstić information content (AvgIpc) is 2.92. The standard InChI is InChI=1S/C13H12O6/c14-8-3-5-6(11(15)18-8)1-4-2-7-10(9(4)5)13(17)19-12(7)16/h4-7,9-10H,1-3H2. The van der Waals surface area contributed by atoms with Crippen LogP contribution in [0.25, 0.3) is 0 Å². The van der Waals surface area contributed by atoms with E-state index in [1.54, 1.807) is 0 Å². The molecule has 4 rings (SSSR count). The molecular weight excluding hydrogens is 252 g/mol. The van der Waals surface area contributed by atoms with Crippen molar-refractivity contribution in [3.8, 4) is 0 Å². The number of carbonyl (C=O) groups is 4. The zero-order chi connectivity index (χ0) is 13.3. The Balaban J connectivity index is 1.70. The number of esters is 4. The first-order chi connectivity index (χ1) is 9.06. The Hall–Kier alpha value is -1.72. The highest BCUT2D eigenvalue weighted by atomic mass is 16.6. The van der Waals surface area contributed by atoms with Crippen LogP contribution in [0.3, 0.4) is 0 Å². The fourth-order valence-corrected chi connectivity index (χ4v) is 4.61. The molecule has 0 aromatic heterocycles. The summed E-state index contributed by atoms with van der Waals surface area (Å²) in [6, 6.07) is 0. The smallest absolute Gasteiger partial charge is 0.317 e. The number of carbonyl (C=O) groups excluding carboxylic acids is 4. The monoisotopic (exact) mass is 264 g/mol. The van der Waals surface area contributed by atoms with Crippen molar-refractivity contribution >= 4 is 23.9 Å². The van der Waals surface area contributed by atoms with E-state index in [2.05, 4.69) is 4.74 Å². The predicted octanol–water partition coefficient (Wildman–Crippen LogP) is 0.0479. The van der Waals surface area contributed by atoms with Crippen LogP contribution in [0.5, 0.6) is 0 Å². The van der Waals surface area contributed by atoms with Crippen LogP contribution in [0.4, 0.5) is 0 Å². The van der Waals surface area contributed by atoms with Gasteiger partial charge < -0.3 is 9.47 Å². The molecule has 6 heteroatoms. The van der Waals surface area contributed by atoms with Crippen LogP contribution >= 0.6 is 0 Å². The van der Waals surface area contributed by atoms with Crippen molar-refractivity contribution in [1.29, 1.82) is 0 Å². The largest absolute Gasteiger partial charge is 0.393 e. The first-order valence-electron chi connectivity index (χ1n) is 6.56. The van der Waals surface area contributed by atoms with Crippen LogP contribution in [0.2, 0.25) is 0 Å². The molecular formula is C13H12O6. The minimum Gasteiger partial charge on any atom is -0.393 e. The van der Waals surface area contributed by atoms with Gasteiger partial charge in [0.1, 0.15) is 0 Å². The van der Waals surface area contributed by atoms with Gasteiger partial charge in [0, 0.05) is 6.42 Å². The molecule has 4 fully saturated rings. The van der Waals surface area contributed by atoms with E-state index in [9.17, 15) is 19.2 Å². The third-order valence-corrected chi connectivity index (χ3v) is 5.21. The number of ether oxygens (including phenoxy) is 2. The summed E-state index contributed by atoms with van der Waals surface area (Å²) in [5.41, 5.74) is 0. The van der Waals surface area contributed by atoms with Crippen LogP contribution in [0.1, 0.15) is 19.3 Å². The van der Waals surface area contributed by atoms with Gasteiger partial charge in [-0.15, -0.1) is 0 Å². The maximum absolute atomic E-state index is 11.8. The normalized spacial score (nSPS) is 47.6. The highest BCUT2D eigenvalue weighted by Crippen LogP contribution is 2.59. The second-order valence-electron chi connectivity index (χ2n) is 5.95. The minimum absolute atomic E-state index is 0.0780. The predicted molar refractivity (Wildman–Crippen MR) is 57.0 cm³/mol. The molecule has 2 heterocycles. The number of cyclic esters (lactones) is 4. The summed E-state index contributed by atoms with van der Waals surface area (Å²) in [5, 5.41) is 0. The fourth-order valence-electron chi connectivity index (χ4n) is 4.61. The van der Waals surface area contributed by atoms with Gasteiger partial charge in [0.25, 0.3) is 0 Å². The van der Waals surface area contributed by atoms with Gasteiger partial charge in [0.05, 0.1) is 17.8 Å². The van der Waals surface area contributed by atoms with Crippen LogP contribution in [-0.2, 0) is 28.7 Å². The van der Waals surface area contributed by atoms with Crippen LogP contribution in [0, 0.1) is 35.5 Å². The Morgan fingerprint density at radius 3 is 2.32 bits per heavy atom. The van der Waals surface area contributed by atoms with E-state index in [0.717, 1.165) is 0 Å². The van der Waals surface area contributed by atoms with E-state index in [4.69, 9.17) is 4.74 Å². The molecule has 0 bridgehead atoms. The number of rotatable bonds is 0. The second-order valence-corrected chi connectivity index (χ2v) is 5.95. The molecule has 6 nitrogen and oxygen atoms in total. The summed E-state index contributed by atoms with van der Waals surface area (Å²) in [4.78, 5) is 46.5. The van der Waals surface area contributed by atoms with Crippen molar-refractivity contribution < 1.29 is 28.7 Å². The highest BCUT2D eigenvalue weighted by Gasteiger charge is 2.64. The molecule has 19 heavy (non-hydrogen) atoms. The molecule has 0 spiro atoms. The molecule has 6 unspecified atom stereocenters. The van der Waals surface area contributed by atoms with Crippen LogP contribution in [-0.4, -0.2) is 23.9 Å². The molecule has 4 aliphatic rings. The van der Waals surface area contributed by atoms with Gasteiger partial charge >= 0.3 is 23.9 Å². The Morgan fingerprint density at radius 2 is 1.53 bits per heavy atom. The third-order valence-electron chi connectivity index (χ3n) is 5.21. The van der Waals surface area contributed by atoms with Crippen molar-refractivity contribution in [3.05, 3.63) is 0 Å². The highest BCUT2D eigenvalue weighted by molar-refractivity contribution is 5.98. The maximum atomic E-state index is 11.8. The lowest BCUT2D eigenvalue weighted by molar-refractivity contribution is -0.171. The summed E-state index contributed by atoms with van der Waals surface area (Å²) in [6.45, 7) is 0. The lowest BCUT2D eigenvalue weighted by Gasteiger charge is -2.28. The Morgan fingerprint density at radius 1 is 0.842 bits per heavy atom. The molecule has 2 aliphatic heterocycles. The molecule has 2 saturated carbocycles. The van der Waals surface area contributed by atoms with Gasteiger partial charge in [-0.25, -0.2) is 0 Å². The lowest BCUT2D eigenvalue weighted by Crippen LogP contribution is -2.37. The van der Waals surface area contributed by atoms with Gasteiger partial charge in [-0.2, -0.15) is 0 Å². The molecule has 0 aromatic rings. The van der Waals surface area contributed by atoms with Crippen LogP contribution < -0.4 is 0 Å². The SMILES string of the molecule is O=C1CC2C(CC3CC4C(=O)OC(=O)C4C32)C(=O)O1. The summed E-state index contributed by atoms with van der Waals surface area (Å²) >= 11 is 0. The van der Waals surface area contributed by atoms with Crippen molar-refractivity contribution in [3.63, 3.8) is 0 Å². The Labute approximate surface area is 108 Å². The Kier molecular flexibility index (Phi) is 2.01. The van der Waals surface area contributed by atoms with Crippen molar-refractivity contribution in [2.45, 2.75) is 19.3 Å². The summed E-state index contributed by atoms with van der Waals surface area (Å²) in [7, 11) is 0.